The van der Waals surface area contributed by atoms with Crippen LogP contribution in [0.1, 0.15) is 42.4 Å². The normalized spacial score (nSPS) is 21.9. The molecule has 1 fully saturated rings. The summed E-state index contributed by atoms with van der Waals surface area (Å²) in [5, 5.41) is 3.01. The highest BCUT2D eigenvalue weighted by Crippen LogP contribution is 2.43. The van der Waals surface area contributed by atoms with Gasteiger partial charge in [0.25, 0.3) is 5.91 Å². The second-order valence-electron chi connectivity index (χ2n) is 7.24. The highest BCUT2D eigenvalue weighted by molar-refractivity contribution is 6.37. The fourth-order valence-corrected chi connectivity index (χ4v) is 4.50. The molecule has 0 aromatic heterocycles. The summed E-state index contributed by atoms with van der Waals surface area (Å²) in [5.41, 5.74) is 8.08. The van der Waals surface area contributed by atoms with Gasteiger partial charge in [-0.05, 0) is 67.0 Å². The molecule has 1 amide bonds. The van der Waals surface area contributed by atoms with Gasteiger partial charge in [0, 0.05) is 30.0 Å². The van der Waals surface area contributed by atoms with E-state index in [0.717, 1.165) is 29.7 Å². The molecule has 0 saturated carbocycles. The molecular formula is C22H22N2O. The summed E-state index contributed by atoms with van der Waals surface area (Å²) < 4.78 is 0. The Labute approximate surface area is 148 Å². The van der Waals surface area contributed by atoms with Crippen molar-refractivity contribution < 1.29 is 4.79 Å². The molecule has 0 bridgehead atoms. The van der Waals surface area contributed by atoms with Crippen LogP contribution in [0, 0.1) is 0 Å². The first-order valence-electron chi connectivity index (χ1n) is 9.33. The number of anilines is 2. The number of aryl methyl sites for hydroxylation is 1. The molecule has 1 saturated heterocycles. The number of hydrogen-bond donors (Lipinski definition) is 1. The molecule has 2 aromatic rings. The van der Waals surface area contributed by atoms with E-state index in [1.807, 2.05) is 18.2 Å². The Morgan fingerprint density at radius 2 is 1.72 bits per heavy atom. The van der Waals surface area contributed by atoms with Crippen LogP contribution in [0.15, 0.2) is 42.5 Å². The second kappa shape index (κ2) is 5.76. The van der Waals surface area contributed by atoms with Crippen molar-refractivity contribution in [2.45, 2.75) is 32.1 Å². The zero-order valence-electron chi connectivity index (χ0n) is 14.3. The standard InChI is InChI=1S/C22H22N2O/c25-22-21(19-6-2-3-7-20(19)23-22)18-10-8-15-14-16(9-11-17(15)18)24-12-4-1-5-13-24/h2-3,6-7,9,11,14H,1,4-5,8,10,12-13H2,(H,23,25)/b21-18-. The van der Waals surface area contributed by atoms with Crippen molar-refractivity contribution in [2.75, 3.05) is 23.3 Å². The van der Waals surface area contributed by atoms with Crippen molar-refractivity contribution in [3.63, 3.8) is 0 Å². The highest BCUT2D eigenvalue weighted by atomic mass is 16.2. The fraction of sp³-hybridized carbons (Fsp3) is 0.318. The smallest absolute Gasteiger partial charge is 0.256 e. The monoisotopic (exact) mass is 330 g/mol. The van der Waals surface area contributed by atoms with Gasteiger partial charge in [0.1, 0.15) is 0 Å². The summed E-state index contributed by atoms with van der Waals surface area (Å²) in [4.78, 5) is 15.1. The third-order valence-corrected chi connectivity index (χ3v) is 5.75. The Morgan fingerprint density at radius 1 is 0.880 bits per heavy atom. The number of fused-ring (bicyclic) bond motifs is 2. The van der Waals surface area contributed by atoms with Gasteiger partial charge in [-0.25, -0.2) is 0 Å². The molecule has 2 heterocycles. The number of carbonyl (C=O) groups excluding carboxylic acids is 1. The van der Waals surface area contributed by atoms with Crippen molar-refractivity contribution in [1.29, 1.82) is 0 Å². The average molecular weight is 330 g/mol. The van der Waals surface area contributed by atoms with Gasteiger partial charge in [-0.2, -0.15) is 0 Å². The van der Waals surface area contributed by atoms with Gasteiger partial charge in [-0.1, -0.05) is 24.3 Å². The maximum Gasteiger partial charge on any atom is 0.256 e. The summed E-state index contributed by atoms with van der Waals surface area (Å²) in [5.74, 6) is 0.0455. The summed E-state index contributed by atoms with van der Waals surface area (Å²) >= 11 is 0. The molecule has 2 aromatic carbocycles. The Bertz CT molecular complexity index is 891. The summed E-state index contributed by atoms with van der Waals surface area (Å²) in [7, 11) is 0. The molecule has 0 unspecified atom stereocenters. The van der Waals surface area contributed by atoms with Crippen LogP contribution in [-0.2, 0) is 11.2 Å². The number of piperidine rings is 1. The number of rotatable bonds is 1. The van der Waals surface area contributed by atoms with Crippen LogP contribution in [0.2, 0.25) is 0 Å². The van der Waals surface area contributed by atoms with E-state index in [1.54, 1.807) is 0 Å². The van der Waals surface area contributed by atoms with E-state index in [9.17, 15) is 4.79 Å². The zero-order valence-corrected chi connectivity index (χ0v) is 14.3. The van der Waals surface area contributed by atoms with Crippen molar-refractivity contribution in [1.82, 2.24) is 0 Å². The highest BCUT2D eigenvalue weighted by Gasteiger charge is 2.30. The lowest BCUT2D eigenvalue weighted by atomic mass is 9.96. The Morgan fingerprint density at radius 3 is 2.60 bits per heavy atom. The Balaban J connectivity index is 1.57. The number of para-hydroxylation sites is 1. The van der Waals surface area contributed by atoms with Gasteiger partial charge in [0.05, 0.1) is 5.57 Å². The van der Waals surface area contributed by atoms with Gasteiger partial charge in [-0.3, -0.25) is 4.79 Å². The van der Waals surface area contributed by atoms with Crippen LogP contribution in [0.5, 0.6) is 0 Å². The number of nitrogens with one attached hydrogen (secondary N) is 1. The maximum atomic E-state index is 12.6. The van der Waals surface area contributed by atoms with Crippen molar-refractivity contribution in [3.8, 4) is 0 Å². The molecule has 3 nitrogen and oxygen atoms in total. The van der Waals surface area contributed by atoms with Gasteiger partial charge in [-0.15, -0.1) is 0 Å². The SMILES string of the molecule is O=C1Nc2ccccc2/C1=C1\CCc2cc(N3CCCCC3)ccc21. The summed E-state index contributed by atoms with van der Waals surface area (Å²) in [6.07, 6.45) is 5.93. The number of benzene rings is 2. The summed E-state index contributed by atoms with van der Waals surface area (Å²) in [6, 6.07) is 14.9. The molecule has 25 heavy (non-hydrogen) atoms. The number of carbonyl (C=O) groups is 1. The van der Waals surface area contributed by atoms with Crippen LogP contribution < -0.4 is 10.2 Å². The van der Waals surface area contributed by atoms with E-state index in [1.165, 1.54) is 54.7 Å². The molecule has 3 heteroatoms. The molecular weight excluding hydrogens is 308 g/mol. The van der Waals surface area contributed by atoms with Crippen molar-refractivity contribution >= 4 is 28.4 Å². The van der Waals surface area contributed by atoms with E-state index < -0.39 is 0 Å². The third-order valence-electron chi connectivity index (χ3n) is 5.75. The topological polar surface area (TPSA) is 32.3 Å². The molecule has 0 atom stereocenters. The predicted octanol–water partition coefficient (Wildman–Crippen LogP) is 4.49. The van der Waals surface area contributed by atoms with E-state index in [-0.39, 0.29) is 5.91 Å². The lowest BCUT2D eigenvalue weighted by Crippen LogP contribution is -2.29. The molecule has 0 radical (unpaired) electrons. The maximum absolute atomic E-state index is 12.6. The minimum atomic E-state index is 0.0455. The Hall–Kier alpha value is -2.55. The van der Waals surface area contributed by atoms with E-state index in [2.05, 4.69) is 34.5 Å². The first-order chi connectivity index (χ1) is 12.3. The van der Waals surface area contributed by atoms with Gasteiger partial charge >= 0.3 is 0 Å². The quantitative estimate of drug-likeness (QED) is 0.782. The van der Waals surface area contributed by atoms with Gasteiger partial charge in [0.2, 0.25) is 0 Å². The van der Waals surface area contributed by atoms with Crippen LogP contribution >= 0.6 is 0 Å². The van der Waals surface area contributed by atoms with Crippen LogP contribution in [0.25, 0.3) is 11.1 Å². The molecule has 1 aliphatic carbocycles. The minimum Gasteiger partial charge on any atom is -0.372 e. The second-order valence-corrected chi connectivity index (χ2v) is 7.24. The van der Waals surface area contributed by atoms with Crippen LogP contribution in [-0.4, -0.2) is 19.0 Å². The van der Waals surface area contributed by atoms with Crippen LogP contribution in [0.4, 0.5) is 11.4 Å². The van der Waals surface area contributed by atoms with Gasteiger partial charge < -0.3 is 10.2 Å². The first-order valence-corrected chi connectivity index (χ1v) is 9.33. The molecule has 2 aliphatic heterocycles. The molecule has 126 valence electrons. The average Bonchev–Trinajstić information content (AvgIpc) is 3.21. The fourth-order valence-electron chi connectivity index (χ4n) is 4.50. The molecule has 3 aliphatic rings. The predicted molar refractivity (Wildman–Crippen MR) is 103 cm³/mol. The minimum absolute atomic E-state index is 0.0455. The zero-order chi connectivity index (χ0) is 16.8. The number of allylic oxidation sites excluding steroid dienone is 1. The number of hydrogen-bond acceptors (Lipinski definition) is 2. The molecule has 0 spiro atoms. The lowest BCUT2D eigenvalue weighted by Gasteiger charge is -2.29. The largest absolute Gasteiger partial charge is 0.372 e. The van der Waals surface area contributed by atoms with Crippen LogP contribution in [0.3, 0.4) is 0 Å². The van der Waals surface area contributed by atoms with Crippen molar-refractivity contribution in [3.05, 3.63) is 59.2 Å². The lowest BCUT2D eigenvalue weighted by molar-refractivity contribution is -0.110. The van der Waals surface area contributed by atoms with Crippen molar-refractivity contribution in [2.24, 2.45) is 0 Å². The van der Waals surface area contributed by atoms with E-state index in [4.69, 9.17) is 0 Å². The third kappa shape index (κ3) is 2.38. The number of amides is 1. The summed E-state index contributed by atoms with van der Waals surface area (Å²) in [6.45, 7) is 2.34. The first kappa shape index (κ1) is 14.8. The molecule has 5 rings (SSSR count). The number of nitrogens with zero attached hydrogens (tertiary/aromatic N) is 1. The van der Waals surface area contributed by atoms with Gasteiger partial charge in [0.15, 0.2) is 0 Å². The van der Waals surface area contributed by atoms with E-state index in [0.29, 0.717) is 0 Å². The Kier molecular flexibility index (Phi) is 3.40. The molecule has 1 N–H and O–H groups in total. The van der Waals surface area contributed by atoms with E-state index >= 15 is 0 Å².